The number of phenols is 1. The highest BCUT2D eigenvalue weighted by molar-refractivity contribution is 9.10. The van der Waals surface area contributed by atoms with Crippen molar-refractivity contribution in [3.63, 3.8) is 0 Å². The number of halogens is 3. The fourth-order valence-electron chi connectivity index (χ4n) is 2.47. The second-order valence-corrected chi connectivity index (χ2v) is 7.02. The zero-order chi connectivity index (χ0) is 17.1. The van der Waals surface area contributed by atoms with Gasteiger partial charge in [-0.2, -0.15) is 0 Å². The van der Waals surface area contributed by atoms with Crippen molar-refractivity contribution in [2.45, 2.75) is 0 Å². The molecule has 0 spiro atoms. The molecule has 1 saturated heterocycles. The maximum Gasteiger partial charge on any atom is 0.143 e. The molecule has 0 saturated carbocycles. The molecular weight excluding hydrogens is 415 g/mol. The Morgan fingerprint density at radius 2 is 1.92 bits per heavy atom. The number of rotatable bonds is 3. The number of aliphatic imine (C=N–C) groups is 1. The summed E-state index contributed by atoms with van der Waals surface area (Å²) in [6.45, 7) is 3.22. The van der Waals surface area contributed by atoms with Crippen LogP contribution in [0.1, 0.15) is 5.56 Å². The minimum atomic E-state index is -0.0335. The molecule has 1 heterocycles. The predicted molar refractivity (Wildman–Crippen MR) is 103 cm³/mol. The molecular formula is C17H15BrCl2N2O2. The van der Waals surface area contributed by atoms with Crippen molar-refractivity contribution >= 4 is 56.7 Å². The molecule has 24 heavy (non-hydrogen) atoms. The first-order valence-electron chi connectivity index (χ1n) is 7.39. The minimum absolute atomic E-state index is 0.0335. The summed E-state index contributed by atoms with van der Waals surface area (Å²) in [5.41, 5.74) is 2.35. The lowest BCUT2D eigenvalue weighted by atomic mass is 10.2. The van der Waals surface area contributed by atoms with E-state index in [1.165, 1.54) is 6.07 Å². The summed E-state index contributed by atoms with van der Waals surface area (Å²) < 4.78 is 6.34. The van der Waals surface area contributed by atoms with Crippen LogP contribution in [0, 0.1) is 0 Å². The van der Waals surface area contributed by atoms with Gasteiger partial charge in [-0.05, 0) is 46.3 Å². The normalized spacial score (nSPS) is 15.2. The molecule has 0 unspecified atom stereocenters. The number of nitrogens with zero attached hydrogens (tertiary/aromatic N) is 2. The smallest absolute Gasteiger partial charge is 0.143 e. The van der Waals surface area contributed by atoms with Gasteiger partial charge in [-0.15, -0.1) is 0 Å². The lowest BCUT2D eigenvalue weighted by Crippen LogP contribution is -2.36. The van der Waals surface area contributed by atoms with Gasteiger partial charge < -0.3 is 14.7 Å². The Morgan fingerprint density at radius 3 is 2.62 bits per heavy atom. The van der Waals surface area contributed by atoms with Crippen LogP contribution in [-0.2, 0) is 4.74 Å². The summed E-state index contributed by atoms with van der Waals surface area (Å²) in [5, 5.41) is 10.6. The van der Waals surface area contributed by atoms with Gasteiger partial charge in [0.2, 0.25) is 0 Å². The number of morpholine rings is 1. The number of benzene rings is 2. The molecule has 2 aromatic carbocycles. The average molecular weight is 430 g/mol. The summed E-state index contributed by atoms with van der Waals surface area (Å²) in [7, 11) is 0. The third-order valence-corrected chi connectivity index (χ3v) is 4.83. The molecule has 0 atom stereocenters. The number of hydrogen-bond acceptors (Lipinski definition) is 4. The molecule has 0 bridgehead atoms. The van der Waals surface area contributed by atoms with Crippen molar-refractivity contribution in [2.75, 3.05) is 31.2 Å². The number of aromatic hydroxyl groups is 1. The van der Waals surface area contributed by atoms with E-state index in [0.717, 1.165) is 42.2 Å². The average Bonchev–Trinajstić information content (AvgIpc) is 2.57. The maximum absolute atomic E-state index is 9.96. The SMILES string of the molecule is Oc1c(Cl)cc(Cl)cc1C=Nc1ccc(N2CCOCC2)c(Br)c1. The largest absolute Gasteiger partial charge is 0.506 e. The van der Waals surface area contributed by atoms with E-state index in [-0.39, 0.29) is 10.8 Å². The third kappa shape index (κ3) is 4.03. The van der Waals surface area contributed by atoms with Gasteiger partial charge in [-0.3, -0.25) is 4.99 Å². The van der Waals surface area contributed by atoms with Crippen molar-refractivity contribution in [3.05, 3.63) is 50.4 Å². The Bertz CT molecular complexity index is 777. The van der Waals surface area contributed by atoms with Crippen LogP contribution < -0.4 is 4.90 Å². The van der Waals surface area contributed by atoms with Crippen LogP contribution in [0.25, 0.3) is 0 Å². The summed E-state index contributed by atoms with van der Waals surface area (Å²) in [6, 6.07) is 8.99. The number of anilines is 1. The Kier molecular flexibility index (Phi) is 5.66. The standard InChI is InChI=1S/C17H15BrCl2N2O2/c18-14-9-13(1-2-16(14)22-3-5-24-6-4-22)21-10-11-7-12(19)8-15(20)17(11)23/h1-2,7-10,23H,3-6H2. The summed E-state index contributed by atoms with van der Waals surface area (Å²) in [4.78, 5) is 6.66. The van der Waals surface area contributed by atoms with Gasteiger partial charge in [0.25, 0.3) is 0 Å². The molecule has 2 aromatic rings. The minimum Gasteiger partial charge on any atom is -0.506 e. The van der Waals surface area contributed by atoms with E-state index in [1.54, 1.807) is 12.3 Å². The molecule has 7 heteroatoms. The van der Waals surface area contributed by atoms with Gasteiger partial charge in [-0.25, -0.2) is 0 Å². The molecule has 1 aliphatic rings. The van der Waals surface area contributed by atoms with E-state index in [9.17, 15) is 5.11 Å². The predicted octanol–water partition coefficient (Wildman–Crippen LogP) is 5.05. The Hall–Kier alpha value is -1.27. The van der Waals surface area contributed by atoms with E-state index in [2.05, 4.69) is 25.8 Å². The topological polar surface area (TPSA) is 45.1 Å². The van der Waals surface area contributed by atoms with Crippen molar-refractivity contribution < 1.29 is 9.84 Å². The molecule has 3 rings (SSSR count). The first-order valence-corrected chi connectivity index (χ1v) is 8.94. The first-order chi connectivity index (χ1) is 11.5. The first kappa shape index (κ1) is 17.5. The zero-order valence-electron chi connectivity index (χ0n) is 12.7. The molecule has 0 radical (unpaired) electrons. The van der Waals surface area contributed by atoms with Crippen molar-refractivity contribution in [1.82, 2.24) is 0 Å². The molecule has 1 N–H and O–H groups in total. The summed E-state index contributed by atoms with van der Waals surface area (Å²) >= 11 is 15.5. The maximum atomic E-state index is 9.96. The van der Waals surface area contributed by atoms with Crippen LogP contribution in [0.3, 0.4) is 0 Å². The molecule has 1 aliphatic heterocycles. The number of ether oxygens (including phenoxy) is 1. The Morgan fingerprint density at radius 1 is 1.17 bits per heavy atom. The highest BCUT2D eigenvalue weighted by Gasteiger charge is 2.14. The third-order valence-electron chi connectivity index (χ3n) is 3.69. The van der Waals surface area contributed by atoms with Crippen LogP contribution in [0.4, 0.5) is 11.4 Å². The Balaban J connectivity index is 1.82. The van der Waals surface area contributed by atoms with Crippen LogP contribution in [0.2, 0.25) is 10.0 Å². The van der Waals surface area contributed by atoms with E-state index in [4.69, 9.17) is 27.9 Å². The molecule has 0 amide bonds. The summed E-state index contributed by atoms with van der Waals surface area (Å²) in [6.07, 6.45) is 1.54. The van der Waals surface area contributed by atoms with Gasteiger partial charge in [0.1, 0.15) is 5.75 Å². The Labute approximate surface area is 158 Å². The number of hydrogen-bond donors (Lipinski definition) is 1. The van der Waals surface area contributed by atoms with Gasteiger partial charge >= 0.3 is 0 Å². The fraction of sp³-hybridized carbons (Fsp3) is 0.235. The summed E-state index contributed by atoms with van der Waals surface area (Å²) in [5.74, 6) is -0.0335. The highest BCUT2D eigenvalue weighted by atomic mass is 79.9. The zero-order valence-corrected chi connectivity index (χ0v) is 15.8. The second-order valence-electron chi connectivity index (χ2n) is 5.32. The van der Waals surface area contributed by atoms with Crippen LogP contribution >= 0.6 is 39.1 Å². The highest BCUT2D eigenvalue weighted by Crippen LogP contribution is 2.32. The number of phenolic OH excluding ortho intramolecular Hbond substituents is 1. The second kappa shape index (κ2) is 7.74. The van der Waals surface area contributed by atoms with Crippen LogP contribution in [0.15, 0.2) is 39.8 Å². The van der Waals surface area contributed by atoms with Crippen molar-refractivity contribution in [2.24, 2.45) is 4.99 Å². The van der Waals surface area contributed by atoms with Gasteiger partial charge in [-0.1, -0.05) is 23.2 Å². The van der Waals surface area contributed by atoms with Gasteiger partial charge in [0.15, 0.2) is 0 Å². The van der Waals surface area contributed by atoms with Crippen LogP contribution in [-0.4, -0.2) is 37.6 Å². The van der Waals surface area contributed by atoms with Gasteiger partial charge in [0.05, 0.1) is 29.6 Å². The molecule has 126 valence electrons. The van der Waals surface area contributed by atoms with E-state index in [1.807, 2.05) is 18.2 Å². The van der Waals surface area contributed by atoms with Gasteiger partial charge in [0, 0.05) is 34.4 Å². The molecule has 0 aromatic heterocycles. The molecule has 0 aliphatic carbocycles. The quantitative estimate of drug-likeness (QED) is 0.694. The lowest BCUT2D eigenvalue weighted by molar-refractivity contribution is 0.122. The van der Waals surface area contributed by atoms with Crippen LogP contribution in [0.5, 0.6) is 5.75 Å². The lowest BCUT2D eigenvalue weighted by Gasteiger charge is -2.29. The fourth-order valence-corrected chi connectivity index (χ4v) is 3.59. The van der Waals surface area contributed by atoms with E-state index < -0.39 is 0 Å². The monoisotopic (exact) mass is 428 g/mol. The molecule has 4 nitrogen and oxygen atoms in total. The van der Waals surface area contributed by atoms with Crippen molar-refractivity contribution in [1.29, 1.82) is 0 Å². The van der Waals surface area contributed by atoms with E-state index in [0.29, 0.717) is 10.6 Å². The van der Waals surface area contributed by atoms with Crippen molar-refractivity contribution in [3.8, 4) is 5.75 Å². The molecule has 1 fully saturated rings. The van der Waals surface area contributed by atoms with E-state index >= 15 is 0 Å².